The van der Waals surface area contributed by atoms with Crippen molar-refractivity contribution in [2.75, 3.05) is 39.6 Å². The second-order valence-electron chi connectivity index (χ2n) is 29.5. The molecule has 0 heterocycles. The molecule has 17 nitrogen and oxygen atoms in total. The summed E-state index contributed by atoms with van der Waals surface area (Å²) in [4.78, 5) is 72.9. The molecule has 0 aliphatic heterocycles. The largest absolute Gasteiger partial charge is 0.472 e. The maximum Gasteiger partial charge on any atom is 0.472 e. The van der Waals surface area contributed by atoms with Crippen LogP contribution in [0, 0.1) is 17.8 Å². The number of carbonyl (C=O) groups excluding carboxylic acids is 4. The number of rotatable bonds is 76. The van der Waals surface area contributed by atoms with Crippen molar-refractivity contribution in [2.45, 2.75) is 420 Å². The minimum atomic E-state index is -4.96. The van der Waals surface area contributed by atoms with Crippen molar-refractivity contribution in [3.63, 3.8) is 0 Å². The van der Waals surface area contributed by atoms with E-state index in [0.29, 0.717) is 31.6 Å². The summed E-state index contributed by atoms with van der Waals surface area (Å²) in [5.41, 5.74) is 0. The van der Waals surface area contributed by atoms with Crippen LogP contribution < -0.4 is 0 Å². The zero-order valence-corrected chi connectivity index (χ0v) is 65.3. The smallest absolute Gasteiger partial charge is 0.462 e. The van der Waals surface area contributed by atoms with Gasteiger partial charge in [0.2, 0.25) is 0 Å². The van der Waals surface area contributed by atoms with Gasteiger partial charge in [-0.1, -0.05) is 350 Å². The van der Waals surface area contributed by atoms with Crippen LogP contribution in [-0.2, 0) is 65.4 Å². The lowest BCUT2D eigenvalue weighted by molar-refractivity contribution is -0.161. The number of unbranched alkanes of at least 4 members (excludes halogenated alkanes) is 44. The van der Waals surface area contributed by atoms with Crippen LogP contribution in [0.5, 0.6) is 0 Å². The summed E-state index contributed by atoms with van der Waals surface area (Å²) in [5.74, 6) is 0.177. The van der Waals surface area contributed by atoms with E-state index < -0.39 is 97.5 Å². The van der Waals surface area contributed by atoms with E-state index in [0.717, 1.165) is 108 Å². The molecule has 0 bridgehead atoms. The van der Waals surface area contributed by atoms with E-state index in [1.807, 2.05) is 0 Å². The van der Waals surface area contributed by atoms with Gasteiger partial charge in [-0.15, -0.1) is 0 Å². The summed E-state index contributed by atoms with van der Waals surface area (Å²) in [6, 6.07) is 0. The van der Waals surface area contributed by atoms with Gasteiger partial charge < -0.3 is 33.8 Å². The Morgan fingerprint density at radius 2 is 0.474 bits per heavy atom. The van der Waals surface area contributed by atoms with E-state index in [-0.39, 0.29) is 25.7 Å². The van der Waals surface area contributed by atoms with Crippen molar-refractivity contribution in [1.82, 2.24) is 0 Å². The topological polar surface area (TPSA) is 237 Å². The zero-order chi connectivity index (χ0) is 71.6. The van der Waals surface area contributed by atoms with Crippen molar-refractivity contribution in [3.8, 4) is 0 Å². The van der Waals surface area contributed by atoms with Crippen LogP contribution >= 0.6 is 15.6 Å². The summed E-state index contributed by atoms with van der Waals surface area (Å²) >= 11 is 0. The third kappa shape index (κ3) is 72.2. The van der Waals surface area contributed by atoms with Crippen molar-refractivity contribution in [2.24, 2.45) is 17.8 Å². The lowest BCUT2D eigenvalue weighted by Crippen LogP contribution is -2.30. The first-order valence-corrected chi connectivity index (χ1v) is 43.3. The molecular formula is C78H152O17P2. The maximum absolute atomic E-state index is 13.1. The Labute approximate surface area is 594 Å². The van der Waals surface area contributed by atoms with Gasteiger partial charge >= 0.3 is 39.5 Å². The van der Waals surface area contributed by atoms with E-state index in [2.05, 4.69) is 48.5 Å². The molecule has 5 atom stereocenters. The van der Waals surface area contributed by atoms with Gasteiger partial charge in [-0.3, -0.25) is 37.3 Å². The molecule has 0 saturated heterocycles. The summed E-state index contributed by atoms with van der Waals surface area (Å²) in [7, 11) is -9.92. The first kappa shape index (κ1) is 95.1. The fraction of sp³-hybridized carbons (Fsp3) is 0.949. The molecular weight excluding hydrogens is 1270 g/mol. The number of aliphatic hydroxyl groups is 1. The highest BCUT2D eigenvalue weighted by molar-refractivity contribution is 7.47. The third-order valence-corrected chi connectivity index (χ3v) is 20.0. The molecule has 0 saturated carbocycles. The van der Waals surface area contributed by atoms with Crippen molar-refractivity contribution in [3.05, 3.63) is 0 Å². The van der Waals surface area contributed by atoms with Gasteiger partial charge in [0, 0.05) is 25.7 Å². The third-order valence-electron chi connectivity index (χ3n) is 18.1. The van der Waals surface area contributed by atoms with Crippen LogP contribution in [0.4, 0.5) is 0 Å². The summed E-state index contributed by atoms with van der Waals surface area (Å²) in [6.45, 7) is 11.9. The summed E-state index contributed by atoms with van der Waals surface area (Å²) in [6.07, 6.45) is 55.5. The van der Waals surface area contributed by atoms with Crippen LogP contribution in [0.1, 0.15) is 402 Å². The van der Waals surface area contributed by atoms with Crippen LogP contribution in [0.15, 0.2) is 0 Å². The number of phosphoric ester groups is 2. The summed E-state index contributed by atoms with van der Waals surface area (Å²) < 4.78 is 68.6. The predicted octanol–water partition coefficient (Wildman–Crippen LogP) is 23.0. The number of aliphatic hydroxyl groups excluding tert-OH is 1. The lowest BCUT2D eigenvalue weighted by atomic mass is 10.0. The van der Waals surface area contributed by atoms with E-state index in [9.17, 15) is 43.2 Å². The van der Waals surface area contributed by atoms with Gasteiger partial charge in [-0.2, -0.15) is 0 Å². The normalized spacial score (nSPS) is 14.0. The molecule has 0 fully saturated rings. The van der Waals surface area contributed by atoms with E-state index in [4.69, 9.17) is 37.0 Å². The molecule has 0 spiro atoms. The quantitative estimate of drug-likeness (QED) is 0.0222. The average Bonchev–Trinajstić information content (AvgIpc) is 1.66. The van der Waals surface area contributed by atoms with Gasteiger partial charge in [0.1, 0.15) is 19.3 Å². The van der Waals surface area contributed by atoms with Crippen LogP contribution in [0.3, 0.4) is 0 Å². The first-order valence-electron chi connectivity index (χ1n) is 40.3. The van der Waals surface area contributed by atoms with Crippen molar-refractivity contribution < 1.29 is 80.2 Å². The SMILES string of the molecule is CCCCCCCCCCCCCCCCC(=O)O[C@H](COC(=O)CCCCCCCCCC(C)C)COP(=O)(O)OC[C@H](O)COP(=O)(O)OC[C@@H](COC(=O)CCCCCCCCCCCCCCCC(C)C)OC(=O)CCCCCCCCCCCCCCCCC(C)C. The molecule has 576 valence electrons. The monoisotopic (exact) mass is 1420 g/mol. The van der Waals surface area contributed by atoms with Crippen LogP contribution in [-0.4, -0.2) is 96.7 Å². The molecule has 0 aromatic carbocycles. The van der Waals surface area contributed by atoms with Gasteiger partial charge in [0.25, 0.3) is 0 Å². The molecule has 0 radical (unpaired) electrons. The van der Waals surface area contributed by atoms with E-state index in [1.165, 1.54) is 205 Å². The van der Waals surface area contributed by atoms with Gasteiger partial charge in [0.15, 0.2) is 12.2 Å². The number of hydrogen-bond donors (Lipinski definition) is 3. The highest BCUT2D eigenvalue weighted by atomic mass is 31.2. The fourth-order valence-corrected chi connectivity index (χ4v) is 13.5. The molecule has 0 rings (SSSR count). The molecule has 0 amide bonds. The highest BCUT2D eigenvalue weighted by Gasteiger charge is 2.30. The Kier molecular flexibility index (Phi) is 67.1. The number of esters is 4. The Morgan fingerprint density at radius 3 is 0.701 bits per heavy atom. The first-order chi connectivity index (χ1) is 46.7. The van der Waals surface area contributed by atoms with Gasteiger partial charge in [-0.25, -0.2) is 9.13 Å². The molecule has 0 aromatic rings. The molecule has 97 heavy (non-hydrogen) atoms. The predicted molar refractivity (Wildman–Crippen MR) is 395 cm³/mol. The molecule has 19 heteroatoms. The number of phosphoric acid groups is 2. The van der Waals surface area contributed by atoms with Crippen LogP contribution in [0.2, 0.25) is 0 Å². The van der Waals surface area contributed by atoms with Crippen LogP contribution in [0.25, 0.3) is 0 Å². The minimum absolute atomic E-state index is 0.107. The Hall–Kier alpha value is -1.94. The summed E-state index contributed by atoms with van der Waals surface area (Å²) in [5, 5.41) is 10.6. The van der Waals surface area contributed by atoms with Crippen molar-refractivity contribution >= 4 is 39.5 Å². The lowest BCUT2D eigenvalue weighted by Gasteiger charge is -2.21. The van der Waals surface area contributed by atoms with Gasteiger partial charge in [0.05, 0.1) is 26.4 Å². The second kappa shape index (κ2) is 68.5. The number of carbonyl (C=O) groups is 4. The fourth-order valence-electron chi connectivity index (χ4n) is 12.0. The zero-order valence-electron chi connectivity index (χ0n) is 63.5. The van der Waals surface area contributed by atoms with Crippen molar-refractivity contribution in [1.29, 1.82) is 0 Å². The Balaban J connectivity index is 5.25. The molecule has 0 aliphatic carbocycles. The maximum atomic E-state index is 13.1. The Bertz CT molecular complexity index is 1890. The van der Waals surface area contributed by atoms with Gasteiger partial charge in [-0.05, 0) is 43.4 Å². The van der Waals surface area contributed by atoms with E-state index in [1.54, 1.807) is 0 Å². The minimum Gasteiger partial charge on any atom is -0.462 e. The standard InChI is InChI=1S/C78H152O17P2/c1-8-9-10-11-12-13-14-15-21-27-32-39-47-54-61-78(83)95-74(66-89-76(81)60-53-46-41-34-37-44-51-58-71(6)7)68-93-97(86,87)91-64-72(79)63-90-96(84,85)92-67-73(65-88-75(80)59-52-45-38-31-26-23-18-20-25-30-36-43-50-57-70(4)5)94-77(82)62-55-48-40-33-28-22-17-16-19-24-29-35-42-49-56-69(2)3/h69-74,79H,8-68H2,1-7H3,(H,84,85)(H,86,87)/t72-,73-,74-/m1/s1. The number of ether oxygens (including phenoxy) is 4. The molecule has 0 aromatic heterocycles. The average molecular weight is 1420 g/mol. The molecule has 0 aliphatic rings. The number of hydrogen-bond acceptors (Lipinski definition) is 15. The Morgan fingerprint density at radius 1 is 0.278 bits per heavy atom. The molecule has 3 N–H and O–H groups in total. The molecule has 2 unspecified atom stereocenters. The van der Waals surface area contributed by atoms with E-state index >= 15 is 0 Å². The second-order valence-corrected chi connectivity index (χ2v) is 32.4. The highest BCUT2D eigenvalue weighted by Crippen LogP contribution is 2.45.